The second-order valence-electron chi connectivity index (χ2n) is 14.2. The summed E-state index contributed by atoms with van der Waals surface area (Å²) in [7, 11) is 0. The molecule has 8 rings (SSSR count). The molecule has 0 saturated carbocycles. The first-order chi connectivity index (χ1) is 23.5. The SMILES string of the molecule is CCC(C)C(Cc1ccc(-c2cc(-n3c4ccccc4c4ccccc43)cc(-n3c4ccccc4c4ccccc43)c2)cc1)CC(C)C. The Labute approximate surface area is 284 Å². The van der Waals surface area contributed by atoms with E-state index in [1.54, 1.807) is 0 Å². The van der Waals surface area contributed by atoms with Gasteiger partial charge >= 0.3 is 0 Å². The quantitative estimate of drug-likeness (QED) is 0.151. The number of nitrogens with zero attached hydrogens (tertiary/aromatic N) is 2. The molecule has 0 fully saturated rings. The van der Waals surface area contributed by atoms with Crippen molar-refractivity contribution >= 4 is 43.6 Å². The zero-order valence-corrected chi connectivity index (χ0v) is 28.5. The molecule has 2 unspecified atom stereocenters. The van der Waals surface area contributed by atoms with Gasteiger partial charge in [-0.2, -0.15) is 0 Å². The van der Waals surface area contributed by atoms with Crippen molar-refractivity contribution in [3.05, 3.63) is 145 Å². The van der Waals surface area contributed by atoms with Crippen molar-refractivity contribution in [3.8, 4) is 22.5 Å². The van der Waals surface area contributed by atoms with E-state index in [9.17, 15) is 0 Å². The summed E-state index contributed by atoms with van der Waals surface area (Å²) >= 11 is 0. The minimum Gasteiger partial charge on any atom is -0.309 e. The zero-order valence-electron chi connectivity index (χ0n) is 28.5. The number of benzene rings is 6. The Morgan fingerprint density at radius 3 is 1.29 bits per heavy atom. The van der Waals surface area contributed by atoms with Crippen LogP contribution in [0.5, 0.6) is 0 Å². The number of aromatic nitrogens is 2. The van der Waals surface area contributed by atoms with E-state index in [2.05, 4.69) is 176 Å². The monoisotopic (exact) mass is 624 g/mol. The summed E-state index contributed by atoms with van der Waals surface area (Å²) in [5.74, 6) is 2.15. The third-order valence-corrected chi connectivity index (χ3v) is 10.6. The van der Waals surface area contributed by atoms with Crippen molar-refractivity contribution in [2.75, 3.05) is 0 Å². The van der Waals surface area contributed by atoms with Crippen molar-refractivity contribution in [3.63, 3.8) is 0 Å². The predicted octanol–water partition coefficient (Wildman–Crippen LogP) is 12.8. The van der Waals surface area contributed by atoms with Gasteiger partial charge in [-0.15, -0.1) is 0 Å². The summed E-state index contributed by atoms with van der Waals surface area (Å²) in [6, 6.07) is 51.8. The van der Waals surface area contributed by atoms with Crippen molar-refractivity contribution in [1.82, 2.24) is 9.13 Å². The highest BCUT2D eigenvalue weighted by atomic mass is 15.0. The maximum Gasteiger partial charge on any atom is 0.0541 e. The number of rotatable bonds is 9. The van der Waals surface area contributed by atoms with Crippen LogP contribution in [-0.4, -0.2) is 9.13 Å². The van der Waals surface area contributed by atoms with Crippen LogP contribution in [0, 0.1) is 17.8 Å². The van der Waals surface area contributed by atoms with Gasteiger partial charge in [-0.1, -0.05) is 131 Å². The lowest BCUT2D eigenvalue weighted by molar-refractivity contribution is 0.290. The van der Waals surface area contributed by atoms with E-state index in [1.807, 2.05) is 0 Å². The van der Waals surface area contributed by atoms with Gasteiger partial charge in [-0.3, -0.25) is 0 Å². The molecule has 2 atom stereocenters. The van der Waals surface area contributed by atoms with Crippen LogP contribution in [0.15, 0.2) is 140 Å². The van der Waals surface area contributed by atoms with Crippen molar-refractivity contribution < 1.29 is 0 Å². The normalized spacial score (nSPS) is 13.3. The zero-order chi connectivity index (χ0) is 32.8. The summed E-state index contributed by atoms with van der Waals surface area (Å²) in [5.41, 5.74) is 11.1. The van der Waals surface area contributed by atoms with Crippen LogP contribution < -0.4 is 0 Å². The van der Waals surface area contributed by atoms with Crippen LogP contribution in [-0.2, 0) is 6.42 Å². The highest BCUT2D eigenvalue weighted by Crippen LogP contribution is 2.38. The van der Waals surface area contributed by atoms with Crippen LogP contribution in [0.25, 0.3) is 66.1 Å². The van der Waals surface area contributed by atoms with Crippen LogP contribution >= 0.6 is 0 Å². The van der Waals surface area contributed by atoms with Crippen molar-refractivity contribution in [2.45, 2.75) is 47.0 Å². The fourth-order valence-corrected chi connectivity index (χ4v) is 8.01. The lowest BCUT2D eigenvalue weighted by Gasteiger charge is -2.25. The molecule has 0 N–H and O–H groups in total. The molecule has 2 aromatic heterocycles. The predicted molar refractivity (Wildman–Crippen MR) is 207 cm³/mol. The van der Waals surface area contributed by atoms with Gasteiger partial charge in [-0.05, 0) is 89.8 Å². The molecule has 8 aromatic rings. The van der Waals surface area contributed by atoms with E-state index in [0.29, 0.717) is 11.8 Å². The van der Waals surface area contributed by atoms with Gasteiger partial charge in [0.1, 0.15) is 0 Å². The molecule has 0 amide bonds. The van der Waals surface area contributed by atoms with Gasteiger partial charge in [0.25, 0.3) is 0 Å². The Morgan fingerprint density at radius 1 is 0.479 bits per heavy atom. The summed E-state index contributed by atoms with van der Waals surface area (Å²) in [6.45, 7) is 9.48. The number of fused-ring (bicyclic) bond motifs is 6. The average molecular weight is 625 g/mol. The largest absolute Gasteiger partial charge is 0.309 e. The molecule has 0 saturated heterocycles. The number of hydrogen-bond acceptors (Lipinski definition) is 0. The molecule has 2 heterocycles. The molecule has 0 aliphatic heterocycles. The van der Waals surface area contributed by atoms with Crippen molar-refractivity contribution in [1.29, 1.82) is 0 Å². The number of para-hydroxylation sites is 4. The van der Waals surface area contributed by atoms with Gasteiger partial charge in [0.05, 0.1) is 22.1 Å². The topological polar surface area (TPSA) is 9.86 Å². The highest BCUT2D eigenvalue weighted by Gasteiger charge is 2.19. The fraction of sp³-hybridized carbons (Fsp3) is 0.217. The number of hydrogen-bond donors (Lipinski definition) is 0. The molecule has 2 heteroatoms. The Kier molecular flexibility index (Phi) is 7.89. The first-order valence-corrected chi connectivity index (χ1v) is 17.7. The van der Waals surface area contributed by atoms with Gasteiger partial charge in [-0.25, -0.2) is 0 Å². The Balaban J connectivity index is 1.33. The minimum absolute atomic E-state index is 0.710. The maximum absolute atomic E-state index is 2.45. The third-order valence-electron chi connectivity index (χ3n) is 10.6. The lowest BCUT2D eigenvalue weighted by Crippen LogP contribution is -2.16. The van der Waals surface area contributed by atoms with Gasteiger partial charge < -0.3 is 9.13 Å². The molecule has 48 heavy (non-hydrogen) atoms. The standard InChI is InChI=1S/C46H44N2/c1-5-32(4)35(26-31(2)3)27-33-22-24-34(25-23-33)36-28-37(47-43-18-10-6-14-39(43)40-15-7-11-19-44(40)47)30-38(29-36)48-45-20-12-8-16-41(45)42-17-9-13-21-46(42)48/h6-25,28-32,35H,5,26-27H2,1-4H3. The molecular formula is C46H44N2. The Bertz CT molecular complexity index is 2150. The third kappa shape index (κ3) is 5.30. The Hall–Kier alpha value is -5.08. The molecule has 0 radical (unpaired) electrons. The molecule has 2 nitrogen and oxygen atoms in total. The van der Waals surface area contributed by atoms with Crippen LogP contribution in [0.4, 0.5) is 0 Å². The molecule has 0 bridgehead atoms. The molecule has 0 aliphatic rings. The molecule has 0 aliphatic carbocycles. The Morgan fingerprint density at radius 2 is 0.896 bits per heavy atom. The van der Waals surface area contributed by atoms with Crippen LogP contribution in [0.1, 0.15) is 46.1 Å². The minimum atomic E-state index is 0.710. The van der Waals surface area contributed by atoms with Gasteiger partial charge in [0, 0.05) is 32.9 Å². The second kappa shape index (κ2) is 12.5. The van der Waals surface area contributed by atoms with Crippen LogP contribution in [0.2, 0.25) is 0 Å². The molecule has 238 valence electrons. The first kappa shape index (κ1) is 30.3. The summed E-state index contributed by atoms with van der Waals surface area (Å²) < 4.78 is 4.89. The molecular weight excluding hydrogens is 581 g/mol. The smallest absolute Gasteiger partial charge is 0.0541 e. The lowest BCUT2D eigenvalue weighted by atomic mass is 9.81. The van der Waals surface area contributed by atoms with E-state index in [-0.39, 0.29) is 0 Å². The van der Waals surface area contributed by atoms with E-state index in [1.165, 1.54) is 84.5 Å². The van der Waals surface area contributed by atoms with E-state index in [4.69, 9.17) is 0 Å². The first-order valence-electron chi connectivity index (χ1n) is 17.7. The fourth-order valence-electron chi connectivity index (χ4n) is 8.01. The summed E-state index contributed by atoms with van der Waals surface area (Å²) in [5, 5.41) is 5.11. The highest BCUT2D eigenvalue weighted by molar-refractivity contribution is 6.10. The molecule has 0 spiro atoms. The average Bonchev–Trinajstić information content (AvgIpc) is 3.64. The van der Waals surface area contributed by atoms with E-state index in [0.717, 1.165) is 12.3 Å². The van der Waals surface area contributed by atoms with E-state index >= 15 is 0 Å². The van der Waals surface area contributed by atoms with Gasteiger partial charge in [0.15, 0.2) is 0 Å². The maximum atomic E-state index is 2.45. The second-order valence-corrected chi connectivity index (χ2v) is 14.2. The van der Waals surface area contributed by atoms with Crippen molar-refractivity contribution in [2.24, 2.45) is 17.8 Å². The summed E-state index contributed by atoms with van der Waals surface area (Å²) in [4.78, 5) is 0. The van der Waals surface area contributed by atoms with E-state index < -0.39 is 0 Å². The summed E-state index contributed by atoms with van der Waals surface area (Å²) in [6.07, 6.45) is 3.65. The molecule has 6 aromatic carbocycles. The van der Waals surface area contributed by atoms with Gasteiger partial charge in [0.2, 0.25) is 0 Å². The van der Waals surface area contributed by atoms with Crippen LogP contribution in [0.3, 0.4) is 0 Å².